The molecule has 4 heteroatoms. The summed E-state index contributed by atoms with van der Waals surface area (Å²) < 4.78 is 0. The zero-order valence-electron chi connectivity index (χ0n) is 12.5. The second kappa shape index (κ2) is 6.75. The number of para-hydroxylation sites is 1. The number of anilines is 1. The lowest BCUT2D eigenvalue weighted by Gasteiger charge is -2.13. The number of nitrogens with zero attached hydrogens (tertiary/aromatic N) is 2. The molecule has 1 unspecified atom stereocenters. The van der Waals surface area contributed by atoms with E-state index in [0.717, 1.165) is 28.8 Å². The van der Waals surface area contributed by atoms with Crippen molar-refractivity contribution >= 4 is 17.4 Å². The Morgan fingerprint density at radius 2 is 1.65 bits per heavy atom. The number of hydrogen-bond acceptors (Lipinski definition) is 4. The number of hydrogen-bond donors (Lipinski definition) is 1. The second-order valence-corrected chi connectivity index (χ2v) is 6.38. The van der Waals surface area contributed by atoms with Crippen molar-refractivity contribution < 1.29 is 0 Å². The first kappa shape index (κ1) is 14.9. The Labute approximate surface area is 125 Å². The maximum atomic E-state index is 4.55. The predicted octanol–water partition coefficient (Wildman–Crippen LogP) is 3.99. The molecule has 0 saturated heterocycles. The lowest BCUT2D eigenvalue weighted by atomic mass is 10.2. The Balaban J connectivity index is 1.93. The van der Waals surface area contributed by atoms with Crippen LogP contribution in [0, 0.1) is 20.8 Å². The highest BCUT2D eigenvalue weighted by Crippen LogP contribution is 2.22. The minimum Gasteiger partial charge on any atom is -0.384 e. The fourth-order valence-electron chi connectivity index (χ4n) is 1.83. The maximum absolute atomic E-state index is 4.55. The summed E-state index contributed by atoms with van der Waals surface area (Å²) in [7, 11) is 0. The van der Waals surface area contributed by atoms with Gasteiger partial charge in [-0.15, -0.1) is 0 Å². The van der Waals surface area contributed by atoms with Crippen LogP contribution in [-0.2, 0) is 0 Å². The summed E-state index contributed by atoms with van der Waals surface area (Å²) in [6, 6.07) is 10.3. The number of aromatic nitrogens is 2. The highest BCUT2D eigenvalue weighted by molar-refractivity contribution is 7.99. The third-order valence-corrected chi connectivity index (χ3v) is 4.25. The zero-order chi connectivity index (χ0) is 14.5. The quantitative estimate of drug-likeness (QED) is 0.666. The summed E-state index contributed by atoms with van der Waals surface area (Å²) in [6.07, 6.45) is 0. The van der Waals surface area contributed by atoms with Gasteiger partial charge in [-0.25, -0.2) is 9.97 Å². The molecule has 0 bridgehead atoms. The van der Waals surface area contributed by atoms with Gasteiger partial charge >= 0.3 is 0 Å². The van der Waals surface area contributed by atoms with E-state index in [1.165, 1.54) is 5.56 Å². The molecule has 0 aliphatic carbocycles. The number of aryl methyl sites for hydroxylation is 2. The molecule has 0 saturated carbocycles. The molecule has 1 aromatic heterocycles. The molecule has 1 heterocycles. The van der Waals surface area contributed by atoms with E-state index < -0.39 is 0 Å². The van der Waals surface area contributed by atoms with Crippen molar-refractivity contribution in [1.29, 1.82) is 0 Å². The summed E-state index contributed by atoms with van der Waals surface area (Å²) in [5, 5.41) is 4.71. The van der Waals surface area contributed by atoms with Crippen LogP contribution in [0.3, 0.4) is 0 Å². The Morgan fingerprint density at radius 3 is 2.25 bits per heavy atom. The van der Waals surface area contributed by atoms with Gasteiger partial charge in [-0.1, -0.05) is 36.9 Å². The molecule has 1 atom stereocenters. The van der Waals surface area contributed by atoms with E-state index in [1.54, 1.807) is 11.8 Å². The molecule has 2 rings (SSSR count). The highest BCUT2D eigenvalue weighted by atomic mass is 32.2. The van der Waals surface area contributed by atoms with Crippen molar-refractivity contribution in [3.63, 3.8) is 0 Å². The molecular weight excluding hydrogens is 266 g/mol. The van der Waals surface area contributed by atoms with E-state index in [2.05, 4.69) is 41.3 Å². The number of nitrogens with one attached hydrogen (secondary N) is 1. The third kappa shape index (κ3) is 3.97. The zero-order valence-corrected chi connectivity index (χ0v) is 13.3. The molecule has 20 heavy (non-hydrogen) atoms. The predicted molar refractivity (Wildman–Crippen MR) is 86.5 cm³/mol. The van der Waals surface area contributed by atoms with E-state index in [4.69, 9.17) is 0 Å². The van der Waals surface area contributed by atoms with Crippen molar-refractivity contribution in [2.24, 2.45) is 0 Å². The van der Waals surface area contributed by atoms with Gasteiger partial charge in [0.15, 0.2) is 5.16 Å². The first-order valence-electron chi connectivity index (χ1n) is 6.83. The molecule has 1 aromatic carbocycles. The van der Waals surface area contributed by atoms with Crippen molar-refractivity contribution in [2.45, 2.75) is 38.1 Å². The molecule has 2 aromatic rings. The average molecular weight is 287 g/mol. The molecule has 0 spiro atoms. The Hall–Kier alpha value is -1.55. The maximum Gasteiger partial charge on any atom is 0.188 e. The van der Waals surface area contributed by atoms with Gasteiger partial charge in [-0.05, 0) is 38.5 Å². The standard InChI is InChI=1S/C16H21N3S/c1-11(10-17-15-8-6-5-7-9-15)20-16-18-13(3)12(2)14(4)19-16/h5-9,11,17H,10H2,1-4H3. The fourth-order valence-corrected chi connectivity index (χ4v) is 2.74. The first-order valence-corrected chi connectivity index (χ1v) is 7.71. The van der Waals surface area contributed by atoms with Gasteiger partial charge in [0.1, 0.15) is 0 Å². The van der Waals surface area contributed by atoms with E-state index >= 15 is 0 Å². The molecule has 3 nitrogen and oxygen atoms in total. The normalized spacial score (nSPS) is 12.2. The van der Waals surface area contributed by atoms with Crippen LogP contribution in [0.5, 0.6) is 0 Å². The first-order chi connectivity index (χ1) is 9.56. The Morgan fingerprint density at radius 1 is 1.05 bits per heavy atom. The molecule has 1 N–H and O–H groups in total. The van der Waals surface area contributed by atoms with E-state index in [9.17, 15) is 0 Å². The van der Waals surface area contributed by atoms with Crippen LogP contribution in [-0.4, -0.2) is 21.8 Å². The minimum atomic E-state index is 0.414. The second-order valence-electron chi connectivity index (χ2n) is 4.98. The van der Waals surface area contributed by atoms with Gasteiger partial charge in [0, 0.05) is 28.9 Å². The SMILES string of the molecule is Cc1nc(SC(C)CNc2ccccc2)nc(C)c1C. The Bertz CT molecular complexity index is 546. The summed E-state index contributed by atoms with van der Waals surface area (Å²) in [5.74, 6) is 0. The van der Waals surface area contributed by atoms with Gasteiger partial charge in [-0.2, -0.15) is 0 Å². The van der Waals surface area contributed by atoms with Crippen molar-refractivity contribution in [3.8, 4) is 0 Å². The minimum absolute atomic E-state index is 0.414. The average Bonchev–Trinajstić information content (AvgIpc) is 2.43. The smallest absolute Gasteiger partial charge is 0.188 e. The van der Waals surface area contributed by atoms with Crippen LogP contribution in [0.1, 0.15) is 23.9 Å². The lowest BCUT2D eigenvalue weighted by Crippen LogP contribution is -2.14. The van der Waals surface area contributed by atoms with Crippen molar-refractivity contribution in [3.05, 3.63) is 47.3 Å². The summed E-state index contributed by atoms with van der Waals surface area (Å²) in [5.41, 5.74) is 4.48. The number of thioether (sulfide) groups is 1. The third-order valence-electron chi connectivity index (χ3n) is 3.29. The van der Waals surface area contributed by atoms with E-state index in [-0.39, 0.29) is 0 Å². The van der Waals surface area contributed by atoms with Crippen molar-refractivity contribution in [1.82, 2.24) is 9.97 Å². The van der Waals surface area contributed by atoms with Gasteiger partial charge in [0.05, 0.1) is 0 Å². The van der Waals surface area contributed by atoms with E-state index in [0.29, 0.717) is 5.25 Å². The molecule has 0 radical (unpaired) electrons. The topological polar surface area (TPSA) is 37.8 Å². The van der Waals surface area contributed by atoms with Crippen LogP contribution in [0.15, 0.2) is 35.5 Å². The van der Waals surface area contributed by atoms with Gasteiger partial charge in [0.2, 0.25) is 0 Å². The summed E-state index contributed by atoms with van der Waals surface area (Å²) in [4.78, 5) is 9.11. The monoisotopic (exact) mass is 287 g/mol. The van der Waals surface area contributed by atoms with Gasteiger partial charge in [-0.3, -0.25) is 0 Å². The summed E-state index contributed by atoms with van der Waals surface area (Å²) >= 11 is 1.72. The lowest BCUT2D eigenvalue weighted by molar-refractivity contribution is 0.871. The van der Waals surface area contributed by atoms with Crippen LogP contribution in [0.4, 0.5) is 5.69 Å². The molecule has 106 valence electrons. The van der Waals surface area contributed by atoms with Gasteiger partial charge < -0.3 is 5.32 Å². The van der Waals surface area contributed by atoms with Crippen LogP contribution in [0.25, 0.3) is 0 Å². The molecule has 0 fully saturated rings. The molecule has 0 aliphatic rings. The number of benzene rings is 1. The molecule has 0 amide bonds. The number of rotatable bonds is 5. The van der Waals surface area contributed by atoms with Crippen LogP contribution < -0.4 is 5.32 Å². The van der Waals surface area contributed by atoms with Crippen molar-refractivity contribution in [2.75, 3.05) is 11.9 Å². The molecule has 0 aliphatic heterocycles. The van der Waals surface area contributed by atoms with E-state index in [1.807, 2.05) is 32.0 Å². The highest BCUT2D eigenvalue weighted by Gasteiger charge is 2.09. The fraction of sp³-hybridized carbons (Fsp3) is 0.375. The largest absolute Gasteiger partial charge is 0.384 e. The van der Waals surface area contributed by atoms with Gasteiger partial charge in [0.25, 0.3) is 0 Å². The Kier molecular flexibility index (Phi) is 5.01. The van der Waals surface area contributed by atoms with Crippen LogP contribution >= 0.6 is 11.8 Å². The van der Waals surface area contributed by atoms with Crippen LogP contribution in [0.2, 0.25) is 0 Å². The summed E-state index contributed by atoms with van der Waals surface area (Å²) in [6.45, 7) is 9.24. The molecular formula is C16H21N3S.